The van der Waals surface area contributed by atoms with Crippen LogP contribution in [0.15, 0.2) is 53.3 Å². The molecule has 0 bridgehead atoms. The van der Waals surface area contributed by atoms with Crippen LogP contribution >= 0.6 is 11.6 Å². The summed E-state index contributed by atoms with van der Waals surface area (Å²) in [6.45, 7) is 5.60. The van der Waals surface area contributed by atoms with Gasteiger partial charge in [0.1, 0.15) is 18.1 Å². The van der Waals surface area contributed by atoms with Gasteiger partial charge in [0.2, 0.25) is 5.82 Å². The summed E-state index contributed by atoms with van der Waals surface area (Å²) >= 11 is 6.13. The lowest BCUT2D eigenvalue weighted by molar-refractivity contribution is -0.689. The van der Waals surface area contributed by atoms with Gasteiger partial charge in [0.15, 0.2) is 0 Å². The maximum atomic E-state index is 12.4. The SMILES string of the molecule is O=c1[nH]c2ccccc2c2[n+]1C[C@@H](CN1CCN(c3cccc(Cl)c3)CC1)N2. The number of rotatable bonds is 3. The van der Waals surface area contributed by atoms with Gasteiger partial charge in [-0.3, -0.25) is 10.2 Å². The first-order chi connectivity index (χ1) is 13.7. The van der Waals surface area contributed by atoms with E-state index in [1.54, 1.807) is 0 Å². The first kappa shape index (κ1) is 17.5. The van der Waals surface area contributed by atoms with Crippen molar-refractivity contribution in [1.82, 2.24) is 9.88 Å². The van der Waals surface area contributed by atoms with Gasteiger partial charge in [-0.2, -0.15) is 4.57 Å². The minimum absolute atomic E-state index is 0.0468. The van der Waals surface area contributed by atoms with E-state index in [9.17, 15) is 4.79 Å². The fourth-order valence-electron chi connectivity index (χ4n) is 4.29. The van der Waals surface area contributed by atoms with Gasteiger partial charge in [0.05, 0.1) is 5.39 Å². The van der Waals surface area contributed by atoms with Crippen LogP contribution in [0, 0.1) is 0 Å². The Kier molecular flexibility index (Phi) is 4.45. The van der Waals surface area contributed by atoms with Crippen molar-refractivity contribution in [3.63, 3.8) is 0 Å². The van der Waals surface area contributed by atoms with Crippen LogP contribution in [0.3, 0.4) is 0 Å². The van der Waals surface area contributed by atoms with Crippen molar-refractivity contribution in [1.29, 1.82) is 0 Å². The van der Waals surface area contributed by atoms with Gasteiger partial charge in [-0.25, -0.2) is 9.78 Å². The lowest BCUT2D eigenvalue weighted by Crippen LogP contribution is -2.53. The van der Waals surface area contributed by atoms with Gasteiger partial charge < -0.3 is 4.90 Å². The fraction of sp³-hybridized carbons (Fsp3) is 0.333. The van der Waals surface area contributed by atoms with Crippen LogP contribution < -0.4 is 20.5 Å². The molecule has 0 amide bonds. The molecule has 0 aliphatic carbocycles. The highest BCUT2D eigenvalue weighted by molar-refractivity contribution is 6.30. The molecule has 0 radical (unpaired) electrons. The highest BCUT2D eigenvalue weighted by Gasteiger charge is 2.32. The Morgan fingerprint density at radius 1 is 1.07 bits per heavy atom. The molecular weight excluding hydrogens is 374 g/mol. The number of aromatic amines is 1. The molecule has 1 aromatic heterocycles. The van der Waals surface area contributed by atoms with Gasteiger partial charge in [-0.1, -0.05) is 29.8 Å². The van der Waals surface area contributed by atoms with Gasteiger partial charge in [-0.15, -0.1) is 0 Å². The van der Waals surface area contributed by atoms with Crippen molar-refractivity contribution in [3.05, 3.63) is 64.0 Å². The average Bonchev–Trinajstić information content (AvgIpc) is 3.13. The predicted molar refractivity (Wildman–Crippen MR) is 112 cm³/mol. The smallest absolute Gasteiger partial charge is 0.369 e. The number of benzene rings is 2. The molecule has 0 unspecified atom stereocenters. The van der Waals surface area contributed by atoms with E-state index < -0.39 is 0 Å². The summed E-state index contributed by atoms with van der Waals surface area (Å²) in [7, 11) is 0. The van der Waals surface area contributed by atoms with E-state index in [1.807, 2.05) is 41.0 Å². The van der Waals surface area contributed by atoms with Crippen molar-refractivity contribution in [2.45, 2.75) is 12.6 Å². The third-order valence-corrected chi connectivity index (χ3v) is 5.94. The number of nitrogens with one attached hydrogen (secondary N) is 2. The van der Waals surface area contributed by atoms with Crippen LogP contribution in [0.5, 0.6) is 0 Å². The minimum Gasteiger partial charge on any atom is -0.369 e. The monoisotopic (exact) mass is 396 g/mol. The molecule has 0 spiro atoms. The molecule has 1 fully saturated rings. The molecular formula is C21H23ClN5O+. The highest BCUT2D eigenvalue weighted by Crippen LogP contribution is 2.23. The summed E-state index contributed by atoms with van der Waals surface area (Å²) < 4.78 is 1.83. The van der Waals surface area contributed by atoms with Crippen LogP contribution in [-0.4, -0.2) is 48.6 Å². The number of para-hydroxylation sites is 1. The van der Waals surface area contributed by atoms with E-state index in [-0.39, 0.29) is 11.7 Å². The molecule has 7 heteroatoms. The van der Waals surface area contributed by atoms with Gasteiger partial charge in [0, 0.05) is 43.4 Å². The summed E-state index contributed by atoms with van der Waals surface area (Å²) in [5, 5.41) is 5.43. The third-order valence-electron chi connectivity index (χ3n) is 5.71. The largest absolute Gasteiger partial charge is 0.441 e. The second kappa shape index (κ2) is 7.11. The van der Waals surface area contributed by atoms with Crippen molar-refractivity contribution < 1.29 is 4.57 Å². The number of nitrogens with zero attached hydrogens (tertiary/aromatic N) is 3. The Balaban J connectivity index is 1.25. The summed E-state index contributed by atoms with van der Waals surface area (Å²) in [6, 6.07) is 16.2. The van der Waals surface area contributed by atoms with Crippen LogP contribution in [0.25, 0.3) is 10.9 Å². The maximum absolute atomic E-state index is 12.4. The Labute approximate surface area is 168 Å². The van der Waals surface area contributed by atoms with E-state index >= 15 is 0 Å². The third kappa shape index (κ3) is 3.23. The molecule has 0 saturated carbocycles. The number of hydrogen-bond donors (Lipinski definition) is 2. The van der Waals surface area contributed by atoms with Crippen LogP contribution in [0.1, 0.15) is 0 Å². The summed E-state index contributed by atoms with van der Waals surface area (Å²) in [6.07, 6.45) is 0. The predicted octanol–water partition coefficient (Wildman–Crippen LogP) is 2.09. The maximum Gasteiger partial charge on any atom is 0.441 e. The Bertz CT molecular complexity index is 1070. The van der Waals surface area contributed by atoms with Crippen LogP contribution in [-0.2, 0) is 6.54 Å². The normalized spacial score (nSPS) is 19.6. The van der Waals surface area contributed by atoms with Crippen molar-refractivity contribution in [2.24, 2.45) is 0 Å². The number of anilines is 2. The number of hydrogen-bond acceptors (Lipinski definition) is 4. The molecule has 2 aromatic carbocycles. The molecule has 2 aliphatic heterocycles. The Morgan fingerprint density at radius 3 is 2.71 bits per heavy atom. The zero-order valence-corrected chi connectivity index (χ0v) is 16.3. The molecule has 144 valence electrons. The summed E-state index contributed by atoms with van der Waals surface area (Å²) in [4.78, 5) is 20.3. The molecule has 6 nitrogen and oxygen atoms in total. The number of fused-ring (bicyclic) bond motifs is 3. The number of aromatic nitrogens is 2. The van der Waals surface area contributed by atoms with E-state index in [2.05, 4.69) is 32.2 Å². The van der Waals surface area contributed by atoms with Crippen molar-refractivity contribution in [2.75, 3.05) is 42.9 Å². The van der Waals surface area contributed by atoms with Crippen molar-refractivity contribution >= 4 is 34.0 Å². The van der Waals surface area contributed by atoms with Gasteiger partial charge in [0.25, 0.3) is 0 Å². The van der Waals surface area contributed by atoms with E-state index in [0.717, 1.165) is 54.5 Å². The molecule has 2 aliphatic rings. The topological polar surface area (TPSA) is 55.3 Å². The molecule has 1 atom stereocenters. The first-order valence-electron chi connectivity index (χ1n) is 9.72. The first-order valence-corrected chi connectivity index (χ1v) is 10.1. The lowest BCUT2D eigenvalue weighted by atomic mass is 10.2. The Hall–Kier alpha value is -2.57. The van der Waals surface area contributed by atoms with Crippen molar-refractivity contribution in [3.8, 4) is 0 Å². The average molecular weight is 397 g/mol. The zero-order chi connectivity index (χ0) is 19.1. The number of H-pyrrole nitrogens is 1. The second-order valence-electron chi connectivity index (χ2n) is 7.54. The number of piperazine rings is 1. The molecule has 2 N–H and O–H groups in total. The Morgan fingerprint density at radius 2 is 1.89 bits per heavy atom. The lowest BCUT2D eigenvalue weighted by Gasteiger charge is -2.36. The van der Waals surface area contributed by atoms with E-state index in [0.29, 0.717) is 6.54 Å². The molecule has 3 heterocycles. The fourth-order valence-corrected chi connectivity index (χ4v) is 4.48. The van der Waals surface area contributed by atoms with E-state index in [1.165, 1.54) is 5.69 Å². The molecule has 5 rings (SSSR count). The van der Waals surface area contributed by atoms with E-state index in [4.69, 9.17) is 11.6 Å². The van der Waals surface area contributed by atoms with Crippen LogP contribution in [0.4, 0.5) is 11.5 Å². The summed E-state index contributed by atoms with van der Waals surface area (Å²) in [5.41, 5.74) is 2.02. The van der Waals surface area contributed by atoms with Gasteiger partial charge >= 0.3 is 5.69 Å². The highest BCUT2D eigenvalue weighted by atomic mass is 35.5. The second-order valence-corrected chi connectivity index (χ2v) is 7.98. The zero-order valence-electron chi connectivity index (χ0n) is 15.6. The molecule has 1 saturated heterocycles. The van der Waals surface area contributed by atoms with Gasteiger partial charge in [-0.05, 0) is 30.3 Å². The number of halogens is 1. The minimum atomic E-state index is -0.0468. The standard InChI is InChI=1S/C21H22ClN5O/c22-15-4-3-5-17(12-15)26-10-8-25(9-11-26)13-16-14-27-20(23-16)18-6-1-2-7-19(18)24-21(27)28/h1-7,12,16H,8-11,13-14H2,(H,23,24,28)/p+1/t16-/m1/s1. The quantitative estimate of drug-likeness (QED) is 0.666. The van der Waals surface area contributed by atoms with Crippen LogP contribution in [0.2, 0.25) is 5.02 Å². The molecule has 3 aromatic rings. The summed E-state index contributed by atoms with van der Waals surface area (Å²) in [5.74, 6) is 0.932. The molecule has 28 heavy (non-hydrogen) atoms.